The standard InChI is InChI=1S/C29H47N3O5S/c1-19(2)15-16-20(3)32(27(35)24(18-38)31-28(36)37-29(4,5)6)25(21-11-10-14-23(33)17-21)26(34)30-22-12-8-7-9-13-22/h10-11,14,17,19-20,22,24-25,33,38H,7-9,12-13,15-16,18H2,1-6H3,(H,30,34)(H,31,36). The summed E-state index contributed by atoms with van der Waals surface area (Å²) in [6.07, 6.45) is 5.85. The van der Waals surface area contributed by atoms with Crippen LogP contribution in [0.25, 0.3) is 0 Å². The third-order valence-electron chi connectivity index (χ3n) is 6.73. The van der Waals surface area contributed by atoms with Crippen LogP contribution < -0.4 is 10.6 Å². The van der Waals surface area contributed by atoms with Gasteiger partial charge in [0.05, 0.1) is 0 Å². The Morgan fingerprint density at radius 3 is 2.32 bits per heavy atom. The number of nitrogens with zero attached hydrogens (tertiary/aromatic N) is 1. The van der Waals surface area contributed by atoms with Gasteiger partial charge in [0, 0.05) is 17.8 Å². The number of phenols is 1. The summed E-state index contributed by atoms with van der Waals surface area (Å²) < 4.78 is 5.38. The summed E-state index contributed by atoms with van der Waals surface area (Å²) in [6.45, 7) is 11.4. The fourth-order valence-corrected chi connectivity index (χ4v) is 5.04. The fourth-order valence-electron chi connectivity index (χ4n) is 4.79. The van der Waals surface area contributed by atoms with Crippen LogP contribution in [0.15, 0.2) is 24.3 Å². The highest BCUT2D eigenvalue weighted by Crippen LogP contribution is 2.30. The van der Waals surface area contributed by atoms with E-state index >= 15 is 0 Å². The average molecular weight is 550 g/mol. The van der Waals surface area contributed by atoms with Gasteiger partial charge in [0.15, 0.2) is 0 Å². The number of hydrogen-bond donors (Lipinski definition) is 4. The number of thiol groups is 1. The van der Waals surface area contributed by atoms with Gasteiger partial charge in [-0.3, -0.25) is 9.59 Å². The topological polar surface area (TPSA) is 108 Å². The molecule has 3 atom stereocenters. The zero-order valence-corrected chi connectivity index (χ0v) is 24.7. The van der Waals surface area contributed by atoms with E-state index in [2.05, 4.69) is 37.1 Å². The number of carbonyl (C=O) groups is 3. The van der Waals surface area contributed by atoms with Crippen LogP contribution in [0.2, 0.25) is 0 Å². The van der Waals surface area contributed by atoms with Gasteiger partial charge in [-0.05, 0) is 77.0 Å². The van der Waals surface area contributed by atoms with Gasteiger partial charge in [-0.1, -0.05) is 45.2 Å². The Morgan fingerprint density at radius 1 is 1.11 bits per heavy atom. The normalized spacial score (nSPS) is 16.8. The Morgan fingerprint density at radius 2 is 1.76 bits per heavy atom. The Balaban J connectivity index is 2.48. The molecule has 0 bridgehead atoms. The van der Waals surface area contributed by atoms with Crippen LogP contribution in [0.3, 0.4) is 0 Å². The second-order valence-electron chi connectivity index (χ2n) is 11.8. The van der Waals surface area contributed by atoms with Crippen molar-refractivity contribution in [3.8, 4) is 5.75 Å². The van der Waals surface area contributed by atoms with Crippen molar-refractivity contribution in [1.82, 2.24) is 15.5 Å². The summed E-state index contributed by atoms with van der Waals surface area (Å²) in [5.74, 6) is -0.262. The number of nitrogens with one attached hydrogen (secondary N) is 2. The number of phenolic OH excluding ortho intramolecular Hbond substituents is 1. The highest BCUT2D eigenvalue weighted by molar-refractivity contribution is 7.80. The molecule has 9 heteroatoms. The quantitative estimate of drug-likeness (QED) is 0.278. The molecule has 3 N–H and O–H groups in total. The fraction of sp³-hybridized carbons (Fsp3) is 0.690. The van der Waals surface area contributed by atoms with Crippen molar-refractivity contribution in [1.29, 1.82) is 0 Å². The molecule has 1 aliphatic rings. The third kappa shape index (κ3) is 10.0. The maximum atomic E-state index is 14.1. The molecule has 8 nitrogen and oxygen atoms in total. The highest BCUT2D eigenvalue weighted by atomic mass is 32.1. The van der Waals surface area contributed by atoms with Gasteiger partial charge >= 0.3 is 6.09 Å². The molecule has 1 fully saturated rings. The zero-order chi connectivity index (χ0) is 28.5. The Kier molecular flexibility index (Phi) is 12.3. The first-order chi connectivity index (χ1) is 17.8. The summed E-state index contributed by atoms with van der Waals surface area (Å²) in [4.78, 5) is 42.2. The van der Waals surface area contributed by atoms with Crippen molar-refractivity contribution in [2.24, 2.45) is 5.92 Å². The van der Waals surface area contributed by atoms with Gasteiger partial charge in [0.1, 0.15) is 23.4 Å². The third-order valence-corrected chi connectivity index (χ3v) is 7.09. The van der Waals surface area contributed by atoms with Crippen LogP contribution in [-0.4, -0.2) is 57.4 Å². The Bertz CT molecular complexity index is 927. The molecule has 0 aliphatic heterocycles. The van der Waals surface area contributed by atoms with Gasteiger partial charge in [-0.25, -0.2) is 4.79 Å². The first kappa shape index (κ1) is 31.8. The van der Waals surface area contributed by atoms with Crippen LogP contribution >= 0.6 is 12.6 Å². The molecule has 38 heavy (non-hydrogen) atoms. The zero-order valence-electron chi connectivity index (χ0n) is 23.8. The van der Waals surface area contributed by atoms with Crippen LogP contribution in [-0.2, 0) is 14.3 Å². The molecule has 1 aromatic carbocycles. The summed E-state index contributed by atoms with van der Waals surface area (Å²) in [5, 5.41) is 16.1. The number of benzene rings is 1. The Labute approximate surface area is 233 Å². The molecule has 1 saturated carbocycles. The van der Waals surface area contributed by atoms with Crippen LogP contribution in [0.5, 0.6) is 5.75 Å². The van der Waals surface area contributed by atoms with E-state index in [-0.39, 0.29) is 29.5 Å². The number of aromatic hydroxyl groups is 1. The maximum absolute atomic E-state index is 14.1. The molecule has 3 unspecified atom stereocenters. The second-order valence-corrected chi connectivity index (χ2v) is 12.2. The lowest BCUT2D eigenvalue weighted by Gasteiger charge is -2.39. The van der Waals surface area contributed by atoms with Crippen molar-refractivity contribution in [3.05, 3.63) is 29.8 Å². The molecule has 1 aliphatic carbocycles. The summed E-state index contributed by atoms with van der Waals surface area (Å²) in [6, 6.07) is 4.21. The number of carbonyl (C=O) groups excluding carboxylic acids is 3. The maximum Gasteiger partial charge on any atom is 0.408 e. The number of hydrogen-bond acceptors (Lipinski definition) is 6. The minimum Gasteiger partial charge on any atom is -0.508 e. The molecule has 0 radical (unpaired) electrons. The smallest absolute Gasteiger partial charge is 0.408 e. The van der Waals surface area contributed by atoms with E-state index in [4.69, 9.17) is 4.74 Å². The average Bonchev–Trinajstić information content (AvgIpc) is 2.83. The number of amides is 3. The van der Waals surface area contributed by atoms with E-state index in [0.29, 0.717) is 17.9 Å². The van der Waals surface area contributed by atoms with Crippen molar-refractivity contribution in [2.45, 2.75) is 116 Å². The number of rotatable bonds is 11. The Hall–Kier alpha value is -2.42. The molecule has 0 heterocycles. The van der Waals surface area contributed by atoms with Crippen molar-refractivity contribution >= 4 is 30.5 Å². The lowest BCUT2D eigenvalue weighted by atomic mass is 9.93. The van der Waals surface area contributed by atoms with E-state index in [1.165, 1.54) is 12.1 Å². The largest absolute Gasteiger partial charge is 0.508 e. The van der Waals surface area contributed by atoms with Gasteiger partial charge in [0.2, 0.25) is 11.8 Å². The molecule has 0 saturated heterocycles. The minimum absolute atomic E-state index is 0.0119. The summed E-state index contributed by atoms with van der Waals surface area (Å²) >= 11 is 4.36. The van der Waals surface area contributed by atoms with Gasteiger partial charge in [-0.15, -0.1) is 0 Å². The minimum atomic E-state index is -1.00. The molecule has 214 valence electrons. The van der Waals surface area contributed by atoms with E-state index in [1.54, 1.807) is 37.8 Å². The van der Waals surface area contributed by atoms with Crippen molar-refractivity contribution in [2.75, 3.05) is 5.75 Å². The first-order valence-corrected chi connectivity index (χ1v) is 14.5. The predicted octanol–water partition coefficient (Wildman–Crippen LogP) is 5.36. The van der Waals surface area contributed by atoms with Crippen molar-refractivity contribution < 1.29 is 24.2 Å². The van der Waals surface area contributed by atoms with Crippen LogP contribution in [0.4, 0.5) is 4.79 Å². The lowest BCUT2D eigenvalue weighted by Crippen LogP contribution is -2.57. The number of alkyl carbamates (subject to hydrolysis) is 1. The predicted molar refractivity (Wildman–Crippen MR) is 153 cm³/mol. The van der Waals surface area contributed by atoms with E-state index in [9.17, 15) is 19.5 Å². The first-order valence-electron chi connectivity index (χ1n) is 13.8. The van der Waals surface area contributed by atoms with Gasteiger partial charge in [0.25, 0.3) is 0 Å². The van der Waals surface area contributed by atoms with Crippen LogP contribution in [0, 0.1) is 5.92 Å². The molecular formula is C29H47N3O5S. The summed E-state index contributed by atoms with van der Waals surface area (Å²) in [5.41, 5.74) is -0.221. The molecule has 2 rings (SSSR count). The number of ether oxygens (including phenoxy) is 1. The molecular weight excluding hydrogens is 502 g/mol. The second kappa shape index (κ2) is 14.7. The lowest BCUT2D eigenvalue weighted by molar-refractivity contribution is -0.145. The van der Waals surface area contributed by atoms with Crippen LogP contribution in [0.1, 0.15) is 98.1 Å². The van der Waals surface area contributed by atoms with Crippen molar-refractivity contribution in [3.63, 3.8) is 0 Å². The summed E-state index contributed by atoms with van der Waals surface area (Å²) in [7, 11) is 0. The van der Waals surface area contributed by atoms with Gasteiger partial charge < -0.3 is 25.4 Å². The van der Waals surface area contributed by atoms with E-state index in [1.807, 2.05) is 6.92 Å². The molecule has 0 aromatic heterocycles. The van der Waals surface area contributed by atoms with E-state index < -0.39 is 29.7 Å². The monoisotopic (exact) mass is 549 g/mol. The molecule has 0 spiro atoms. The van der Waals surface area contributed by atoms with Gasteiger partial charge in [-0.2, -0.15) is 12.6 Å². The SMILES string of the molecule is CC(C)CCC(C)N(C(=O)C(CS)NC(=O)OC(C)(C)C)C(C(=O)NC1CCCCC1)c1cccc(O)c1. The molecule has 1 aromatic rings. The highest BCUT2D eigenvalue weighted by Gasteiger charge is 2.39. The van der Waals surface area contributed by atoms with E-state index in [0.717, 1.165) is 38.5 Å². The molecule has 3 amide bonds.